The number of carbonyl (C=O) groups is 3. The lowest BCUT2D eigenvalue weighted by molar-refractivity contribution is -0.192. The predicted molar refractivity (Wildman–Crippen MR) is 140 cm³/mol. The van der Waals surface area contributed by atoms with E-state index in [0.29, 0.717) is 47.0 Å². The Kier molecular flexibility index (Phi) is 8.40. The van der Waals surface area contributed by atoms with E-state index >= 15 is 0 Å². The van der Waals surface area contributed by atoms with Crippen LogP contribution in [0.3, 0.4) is 0 Å². The van der Waals surface area contributed by atoms with Crippen molar-refractivity contribution in [2.45, 2.75) is 45.2 Å². The SMILES string of the molecule is Cc1nc(C(=O)NCC2CCCC2)cc2c(Nc3cccc4c3CCO4)c(C(N)=O)cnc12.O=C(O)C(F)(F)F. The van der Waals surface area contributed by atoms with E-state index in [1.807, 2.05) is 25.1 Å². The number of carbonyl (C=O) groups excluding carboxylic acids is 2. The number of aryl methyl sites for hydroxylation is 1. The molecule has 0 radical (unpaired) electrons. The van der Waals surface area contributed by atoms with Gasteiger partial charge in [0.05, 0.1) is 29.1 Å². The van der Waals surface area contributed by atoms with Crippen molar-refractivity contribution in [2.75, 3.05) is 18.5 Å². The number of hydrogen-bond donors (Lipinski definition) is 4. The number of anilines is 2. The molecule has 1 aliphatic heterocycles. The number of pyridine rings is 2. The number of nitrogens with one attached hydrogen (secondary N) is 2. The lowest BCUT2D eigenvalue weighted by Gasteiger charge is -2.17. The number of nitrogens with zero attached hydrogens (tertiary/aromatic N) is 2. The third-order valence-corrected chi connectivity index (χ3v) is 6.80. The number of rotatable bonds is 6. The van der Waals surface area contributed by atoms with Gasteiger partial charge < -0.3 is 26.2 Å². The van der Waals surface area contributed by atoms with Crippen molar-refractivity contribution in [1.29, 1.82) is 0 Å². The Labute approximate surface area is 227 Å². The predicted octanol–water partition coefficient (Wildman–Crippen LogP) is 4.27. The number of fused-ring (bicyclic) bond motifs is 2. The van der Waals surface area contributed by atoms with E-state index in [0.717, 1.165) is 36.3 Å². The average molecular weight is 560 g/mol. The first-order chi connectivity index (χ1) is 19.0. The molecule has 5 N–H and O–H groups in total. The maximum absolute atomic E-state index is 12.9. The number of carboxylic acid groups (broad SMARTS) is 1. The molecule has 0 unspecified atom stereocenters. The van der Waals surface area contributed by atoms with Gasteiger partial charge in [-0.2, -0.15) is 13.2 Å². The highest BCUT2D eigenvalue weighted by Gasteiger charge is 2.38. The summed E-state index contributed by atoms with van der Waals surface area (Å²) in [6, 6.07) is 7.45. The minimum absolute atomic E-state index is 0.226. The van der Waals surface area contributed by atoms with Crippen LogP contribution < -0.4 is 21.1 Å². The molecular weight excluding hydrogens is 531 g/mol. The van der Waals surface area contributed by atoms with Crippen molar-refractivity contribution < 1.29 is 37.4 Å². The van der Waals surface area contributed by atoms with Crippen LogP contribution in [0, 0.1) is 12.8 Å². The Hall–Kier alpha value is -4.42. The molecule has 1 fully saturated rings. The van der Waals surface area contributed by atoms with Gasteiger partial charge in [0.25, 0.3) is 11.8 Å². The third kappa shape index (κ3) is 6.41. The molecule has 3 heterocycles. The molecular formula is C27H28F3N5O5. The molecule has 5 rings (SSSR count). The molecule has 3 aromatic rings. The summed E-state index contributed by atoms with van der Waals surface area (Å²) in [6.07, 6.45) is 1.88. The molecule has 13 heteroatoms. The first-order valence-electron chi connectivity index (χ1n) is 12.7. The van der Waals surface area contributed by atoms with Crippen molar-refractivity contribution in [3.8, 4) is 5.75 Å². The van der Waals surface area contributed by atoms with Crippen LogP contribution in [0.5, 0.6) is 5.75 Å². The largest absolute Gasteiger partial charge is 0.493 e. The van der Waals surface area contributed by atoms with Crippen LogP contribution in [0.2, 0.25) is 0 Å². The Bertz CT molecular complexity index is 1450. The molecule has 10 nitrogen and oxygen atoms in total. The summed E-state index contributed by atoms with van der Waals surface area (Å²) >= 11 is 0. The van der Waals surface area contributed by atoms with E-state index < -0.39 is 18.1 Å². The lowest BCUT2D eigenvalue weighted by Crippen LogP contribution is -2.29. The fraction of sp³-hybridized carbons (Fsp3) is 0.370. The average Bonchev–Trinajstić information content (AvgIpc) is 3.60. The molecule has 40 heavy (non-hydrogen) atoms. The maximum atomic E-state index is 12.9. The number of hydrogen-bond acceptors (Lipinski definition) is 7. The molecule has 0 atom stereocenters. The monoisotopic (exact) mass is 559 g/mol. The van der Waals surface area contributed by atoms with Crippen LogP contribution in [0.25, 0.3) is 10.9 Å². The normalized spacial score (nSPS) is 14.6. The fourth-order valence-electron chi connectivity index (χ4n) is 4.81. The first-order valence-corrected chi connectivity index (χ1v) is 12.7. The number of primary amides is 1. The summed E-state index contributed by atoms with van der Waals surface area (Å²) in [4.78, 5) is 43.0. The second kappa shape index (κ2) is 11.8. The molecule has 2 aliphatic rings. The number of halogens is 3. The molecule has 2 aromatic heterocycles. The summed E-state index contributed by atoms with van der Waals surface area (Å²) < 4.78 is 37.4. The minimum atomic E-state index is -5.08. The van der Waals surface area contributed by atoms with E-state index in [-0.39, 0.29) is 11.5 Å². The van der Waals surface area contributed by atoms with Crippen molar-refractivity contribution in [3.63, 3.8) is 0 Å². The zero-order valence-corrected chi connectivity index (χ0v) is 21.6. The van der Waals surface area contributed by atoms with Crippen LogP contribution in [0.15, 0.2) is 30.5 Å². The number of aromatic nitrogens is 2. The number of carboxylic acids is 1. The number of ether oxygens (including phenoxy) is 1. The van der Waals surface area contributed by atoms with Crippen molar-refractivity contribution in [3.05, 3.63) is 53.0 Å². The summed E-state index contributed by atoms with van der Waals surface area (Å²) in [5.41, 5.74) is 9.85. The maximum Gasteiger partial charge on any atom is 0.490 e. The number of nitrogens with two attached hydrogens (primary N) is 1. The molecule has 1 aromatic carbocycles. The van der Waals surface area contributed by atoms with Gasteiger partial charge >= 0.3 is 12.1 Å². The van der Waals surface area contributed by atoms with Crippen LogP contribution in [-0.4, -0.2) is 52.2 Å². The molecule has 1 aliphatic carbocycles. The highest BCUT2D eigenvalue weighted by Crippen LogP contribution is 2.36. The minimum Gasteiger partial charge on any atom is -0.493 e. The number of benzene rings is 1. The third-order valence-electron chi connectivity index (χ3n) is 6.80. The number of amides is 2. The zero-order valence-electron chi connectivity index (χ0n) is 21.6. The second-order valence-corrected chi connectivity index (χ2v) is 9.57. The van der Waals surface area contributed by atoms with Crippen LogP contribution in [0.1, 0.15) is 57.8 Å². The van der Waals surface area contributed by atoms with Gasteiger partial charge in [-0.25, -0.2) is 9.78 Å². The Morgan fingerprint density at radius 1 is 1.20 bits per heavy atom. The molecule has 0 saturated heterocycles. The fourth-order valence-corrected chi connectivity index (χ4v) is 4.81. The number of alkyl halides is 3. The van der Waals surface area contributed by atoms with E-state index in [9.17, 15) is 22.8 Å². The molecule has 1 saturated carbocycles. The Balaban J connectivity index is 0.000000470. The Morgan fingerprint density at radius 2 is 1.90 bits per heavy atom. The number of aliphatic carboxylic acids is 1. The second-order valence-electron chi connectivity index (χ2n) is 9.57. The van der Waals surface area contributed by atoms with Crippen LogP contribution in [0.4, 0.5) is 24.5 Å². The van der Waals surface area contributed by atoms with Gasteiger partial charge in [0, 0.05) is 35.8 Å². The van der Waals surface area contributed by atoms with E-state index in [4.69, 9.17) is 20.4 Å². The highest BCUT2D eigenvalue weighted by molar-refractivity contribution is 6.09. The first kappa shape index (κ1) is 28.6. The van der Waals surface area contributed by atoms with Gasteiger partial charge in [-0.05, 0) is 43.9 Å². The van der Waals surface area contributed by atoms with E-state index in [1.54, 1.807) is 6.07 Å². The molecule has 0 bridgehead atoms. The lowest BCUT2D eigenvalue weighted by atomic mass is 10.0. The van der Waals surface area contributed by atoms with Gasteiger partial charge in [-0.1, -0.05) is 18.9 Å². The van der Waals surface area contributed by atoms with E-state index in [1.165, 1.54) is 19.0 Å². The summed E-state index contributed by atoms with van der Waals surface area (Å²) in [6.45, 7) is 3.07. The smallest absolute Gasteiger partial charge is 0.490 e. The Morgan fingerprint density at radius 3 is 2.55 bits per heavy atom. The van der Waals surface area contributed by atoms with E-state index in [2.05, 4.69) is 20.6 Å². The molecule has 2 amide bonds. The topological polar surface area (TPSA) is 157 Å². The van der Waals surface area contributed by atoms with Crippen molar-refractivity contribution in [1.82, 2.24) is 15.3 Å². The van der Waals surface area contributed by atoms with Gasteiger partial charge in [-0.15, -0.1) is 0 Å². The summed E-state index contributed by atoms with van der Waals surface area (Å²) in [5.74, 6) is -2.23. The van der Waals surface area contributed by atoms with Gasteiger partial charge in [0.2, 0.25) is 0 Å². The molecule has 0 spiro atoms. The van der Waals surface area contributed by atoms with Gasteiger partial charge in [-0.3, -0.25) is 14.6 Å². The van der Waals surface area contributed by atoms with Crippen molar-refractivity contribution >= 4 is 40.1 Å². The van der Waals surface area contributed by atoms with Gasteiger partial charge in [0.1, 0.15) is 11.4 Å². The summed E-state index contributed by atoms with van der Waals surface area (Å²) in [5, 5.41) is 14.2. The highest BCUT2D eigenvalue weighted by atomic mass is 19.4. The van der Waals surface area contributed by atoms with Crippen molar-refractivity contribution in [2.24, 2.45) is 11.7 Å². The summed E-state index contributed by atoms with van der Waals surface area (Å²) in [7, 11) is 0. The van der Waals surface area contributed by atoms with Gasteiger partial charge in [0.15, 0.2) is 0 Å². The molecule has 212 valence electrons. The van der Waals surface area contributed by atoms with Crippen LogP contribution >= 0.6 is 0 Å². The van der Waals surface area contributed by atoms with Crippen LogP contribution in [-0.2, 0) is 11.2 Å². The quantitative estimate of drug-likeness (QED) is 0.349. The standard InChI is InChI=1S/C25H27N5O3.C2HF3O2/c1-14-22-17(11-20(29-14)25(32)28-12-15-5-2-3-6-15)23(18(13-27-22)24(26)31)30-19-7-4-8-21-16(19)9-10-33-21;3-2(4,5)1(6)7/h4,7-8,11,13,15H,2-3,5-6,9-10,12H2,1H3,(H2,26,31)(H,27,30)(H,28,32);(H,6,7). The zero-order chi connectivity index (χ0) is 29.0.